The van der Waals surface area contributed by atoms with E-state index < -0.39 is 11.7 Å². The molecule has 0 fully saturated rings. The number of halogens is 1. The third-order valence-corrected chi connectivity index (χ3v) is 3.82. The van der Waals surface area contributed by atoms with Crippen LogP contribution in [-0.2, 0) is 21.1 Å². The lowest BCUT2D eigenvalue weighted by Gasteiger charge is -2.11. The number of hydrogen-bond donors (Lipinski definition) is 1. The Kier molecular flexibility index (Phi) is 7.05. The van der Waals surface area contributed by atoms with Crippen molar-refractivity contribution in [3.8, 4) is 0 Å². The summed E-state index contributed by atoms with van der Waals surface area (Å²) >= 11 is 0. The van der Waals surface area contributed by atoms with Gasteiger partial charge >= 0.3 is 0 Å². The van der Waals surface area contributed by atoms with Crippen molar-refractivity contribution in [3.05, 3.63) is 70.5 Å². The number of carbonyl (C=O) groups excluding carboxylic acids is 1. The summed E-state index contributed by atoms with van der Waals surface area (Å²) in [5.74, 6) is -1.17. The van der Waals surface area contributed by atoms with Gasteiger partial charge in [-0.15, -0.1) is 0 Å². The minimum absolute atomic E-state index is 0.0158. The Morgan fingerprint density at radius 2 is 1.93 bits per heavy atom. The molecule has 1 amide bonds. The van der Waals surface area contributed by atoms with Crippen LogP contribution in [0.2, 0.25) is 0 Å². The molecule has 0 atom stereocenters. The van der Waals surface area contributed by atoms with Gasteiger partial charge in [0.1, 0.15) is 19.5 Å². The standard InChI is InChI=1S/C20H22FN3O3/c1-13-7-5-8-15(11-13)14(2)23-27-12-16-9-6-10-17(21)18(16)19(24-26-4)20(25)22-3/h5-11H,12H2,1-4H3,(H,22,25)/b23-14+,24-19+. The number of rotatable bonds is 7. The zero-order valence-electron chi connectivity index (χ0n) is 15.7. The van der Waals surface area contributed by atoms with E-state index in [1.165, 1.54) is 26.3 Å². The maximum atomic E-state index is 14.4. The maximum Gasteiger partial charge on any atom is 0.273 e. The van der Waals surface area contributed by atoms with Gasteiger partial charge in [-0.05, 0) is 25.5 Å². The van der Waals surface area contributed by atoms with Gasteiger partial charge in [0.25, 0.3) is 5.91 Å². The van der Waals surface area contributed by atoms with Crippen LogP contribution in [0.4, 0.5) is 4.39 Å². The van der Waals surface area contributed by atoms with E-state index in [0.29, 0.717) is 11.3 Å². The van der Waals surface area contributed by atoms with Crippen LogP contribution >= 0.6 is 0 Å². The highest BCUT2D eigenvalue weighted by Crippen LogP contribution is 2.17. The van der Waals surface area contributed by atoms with Crippen LogP contribution in [0.3, 0.4) is 0 Å². The number of benzene rings is 2. The molecule has 0 unspecified atom stereocenters. The molecule has 2 aromatic rings. The quantitative estimate of drug-likeness (QED) is 0.600. The van der Waals surface area contributed by atoms with Crippen LogP contribution < -0.4 is 5.32 Å². The summed E-state index contributed by atoms with van der Waals surface area (Å²) in [4.78, 5) is 22.2. The van der Waals surface area contributed by atoms with Gasteiger partial charge in [-0.1, -0.05) is 52.3 Å². The normalized spacial score (nSPS) is 11.9. The average molecular weight is 371 g/mol. The summed E-state index contributed by atoms with van der Waals surface area (Å²) in [5.41, 5.74) is 3.00. The van der Waals surface area contributed by atoms with E-state index in [0.717, 1.165) is 11.1 Å². The van der Waals surface area contributed by atoms with E-state index in [9.17, 15) is 9.18 Å². The fourth-order valence-electron chi connectivity index (χ4n) is 2.49. The Hall–Kier alpha value is -3.22. The van der Waals surface area contributed by atoms with Crippen LogP contribution in [-0.4, -0.2) is 31.5 Å². The van der Waals surface area contributed by atoms with Gasteiger partial charge in [0.15, 0.2) is 5.71 Å². The van der Waals surface area contributed by atoms with Gasteiger partial charge in [0.05, 0.1) is 11.3 Å². The van der Waals surface area contributed by atoms with Crippen molar-refractivity contribution in [3.63, 3.8) is 0 Å². The fraction of sp³-hybridized carbons (Fsp3) is 0.250. The molecule has 0 aliphatic carbocycles. The third-order valence-electron chi connectivity index (χ3n) is 3.82. The molecule has 0 radical (unpaired) electrons. The zero-order valence-corrected chi connectivity index (χ0v) is 15.7. The summed E-state index contributed by atoms with van der Waals surface area (Å²) in [6.45, 7) is 3.78. The number of nitrogens with zero attached hydrogens (tertiary/aromatic N) is 2. The van der Waals surface area contributed by atoms with Gasteiger partial charge < -0.3 is 15.0 Å². The van der Waals surface area contributed by atoms with Crippen molar-refractivity contribution in [2.45, 2.75) is 20.5 Å². The highest BCUT2D eigenvalue weighted by atomic mass is 19.1. The van der Waals surface area contributed by atoms with Gasteiger partial charge in [0, 0.05) is 12.6 Å². The second kappa shape index (κ2) is 9.47. The van der Waals surface area contributed by atoms with Crippen molar-refractivity contribution in [1.29, 1.82) is 0 Å². The first kappa shape index (κ1) is 20.1. The summed E-state index contributed by atoms with van der Waals surface area (Å²) in [7, 11) is 2.72. The summed E-state index contributed by atoms with van der Waals surface area (Å²) in [5, 5.41) is 10.2. The molecule has 0 aliphatic rings. The number of oxime groups is 2. The van der Waals surface area contributed by atoms with Crippen LogP contribution in [0.5, 0.6) is 0 Å². The second-order valence-electron chi connectivity index (χ2n) is 5.80. The Balaban J connectivity index is 2.27. The van der Waals surface area contributed by atoms with Gasteiger partial charge in [0.2, 0.25) is 0 Å². The average Bonchev–Trinajstić information content (AvgIpc) is 2.66. The molecule has 0 saturated heterocycles. The van der Waals surface area contributed by atoms with E-state index in [1.807, 2.05) is 38.1 Å². The molecule has 0 aliphatic heterocycles. The lowest BCUT2D eigenvalue weighted by atomic mass is 10.0. The Labute approximate surface area is 157 Å². The largest absolute Gasteiger partial charge is 0.398 e. The number of likely N-dealkylation sites (N-methyl/N-ethyl adjacent to an activating group) is 1. The molecule has 6 nitrogen and oxygen atoms in total. The van der Waals surface area contributed by atoms with E-state index in [2.05, 4.69) is 15.6 Å². The van der Waals surface area contributed by atoms with Crippen molar-refractivity contribution >= 4 is 17.3 Å². The predicted octanol–water partition coefficient (Wildman–Crippen LogP) is 3.17. The molecule has 27 heavy (non-hydrogen) atoms. The number of nitrogens with one attached hydrogen (secondary N) is 1. The van der Waals surface area contributed by atoms with E-state index in [-0.39, 0.29) is 17.9 Å². The first-order chi connectivity index (χ1) is 13.0. The van der Waals surface area contributed by atoms with Crippen molar-refractivity contribution < 1.29 is 18.9 Å². The maximum absolute atomic E-state index is 14.4. The van der Waals surface area contributed by atoms with Crippen LogP contribution in [0.25, 0.3) is 0 Å². The molecule has 0 heterocycles. The van der Waals surface area contributed by atoms with E-state index in [1.54, 1.807) is 6.07 Å². The molecular formula is C20H22FN3O3. The number of carbonyl (C=O) groups is 1. The zero-order chi connectivity index (χ0) is 19.8. The first-order valence-corrected chi connectivity index (χ1v) is 8.32. The lowest BCUT2D eigenvalue weighted by Crippen LogP contribution is -2.30. The number of aryl methyl sites for hydroxylation is 1. The summed E-state index contributed by atoms with van der Waals surface area (Å²) < 4.78 is 14.4. The monoisotopic (exact) mass is 371 g/mol. The third kappa shape index (κ3) is 5.13. The Bertz CT molecular complexity index is 879. The van der Waals surface area contributed by atoms with Gasteiger partial charge in [-0.3, -0.25) is 4.79 Å². The van der Waals surface area contributed by atoms with Crippen LogP contribution in [0.15, 0.2) is 52.8 Å². The predicted molar refractivity (Wildman–Crippen MR) is 102 cm³/mol. The molecule has 0 aromatic heterocycles. The Morgan fingerprint density at radius 3 is 2.59 bits per heavy atom. The summed E-state index contributed by atoms with van der Waals surface area (Å²) in [6.07, 6.45) is 0. The van der Waals surface area contributed by atoms with Gasteiger partial charge in [-0.2, -0.15) is 0 Å². The smallest absolute Gasteiger partial charge is 0.273 e. The molecule has 2 rings (SSSR count). The van der Waals surface area contributed by atoms with Crippen molar-refractivity contribution in [2.75, 3.05) is 14.2 Å². The van der Waals surface area contributed by atoms with Gasteiger partial charge in [-0.25, -0.2) is 4.39 Å². The molecule has 0 spiro atoms. The number of amides is 1. The molecule has 0 saturated carbocycles. The molecule has 142 valence electrons. The second-order valence-corrected chi connectivity index (χ2v) is 5.80. The molecule has 1 N–H and O–H groups in total. The van der Waals surface area contributed by atoms with Crippen LogP contribution in [0, 0.1) is 12.7 Å². The molecular weight excluding hydrogens is 349 g/mol. The lowest BCUT2D eigenvalue weighted by molar-refractivity contribution is -0.114. The first-order valence-electron chi connectivity index (χ1n) is 8.32. The minimum Gasteiger partial charge on any atom is -0.398 e. The molecule has 2 aromatic carbocycles. The molecule has 0 bridgehead atoms. The summed E-state index contributed by atoms with van der Waals surface area (Å²) in [6, 6.07) is 12.3. The SMILES string of the molecule is CNC(=O)/C(=N/OC)c1c(F)cccc1CO/N=C(\C)c1cccc(C)c1. The minimum atomic E-state index is -0.602. The highest BCUT2D eigenvalue weighted by molar-refractivity contribution is 6.45. The van der Waals surface area contributed by atoms with Crippen molar-refractivity contribution in [1.82, 2.24) is 5.32 Å². The van der Waals surface area contributed by atoms with E-state index in [4.69, 9.17) is 9.68 Å². The number of hydrogen-bond acceptors (Lipinski definition) is 5. The Morgan fingerprint density at radius 1 is 1.19 bits per heavy atom. The highest BCUT2D eigenvalue weighted by Gasteiger charge is 2.22. The molecule has 7 heteroatoms. The van der Waals surface area contributed by atoms with Crippen LogP contribution in [0.1, 0.15) is 29.2 Å². The van der Waals surface area contributed by atoms with E-state index >= 15 is 0 Å². The fourth-order valence-corrected chi connectivity index (χ4v) is 2.49. The topological polar surface area (TPSA) is 72.3 Å². The van der Waals surface area contributed by atoms with Crippen molar-refractivity contribution in [2.24, 2.45) is 10.3 Å².